The number of hydrogen-bond acceptors (Lipinski definition) is 2. The van der Waals surface area contributed by atoms with E-state index in [1.165, 1.54) is 0 Å². The van der Waals surface area contributed by atoms with Crippen molar-refractivity contribution in [2.24, 2.45) is 0 Å². The molecule has 2 nitrogen and oxygen atoms in total. The van der Waals surface area contributed by atoms with Crippen LogP contribution >= 0.6 is 11.8 Å². The summed E-state index contributed by atoms with van der Waals surface area (Å²) >= 11 is 1.81. The maximum Gasteiger partial charge on any atom is 0.220 e. The number of nitrogens with one attached hydrogen (secondary N) is 1. The molecule has 0 aromatic carbocycles. The maximum atomic E-state index is 11.0. The number of hydrogen-bond donors (Lipinski definition) is 1. The number of thioether (sulfide) groups is 1. The first-order chi connectivity index (χ1) is 5.31. The van der Waals surface area contributed by atoms with Crippen LogP contribution in [-0.2, 0) is 4.79 Å². The largest absolute Gasteiger partial charge is 0.356 e. The van der Waals surface area contributed by atoms with E-state index in [-0.39, 0.29) is 5.91 Å². The summed E-state index contributed by atoms with van der Waals surface area (Å²) in [5.74, 6) is 2.24. The van der Waals surface area contributed by atoms with E-state index in [0.717, 1.165) is 24.5 Å². The molecular weight excluding hydrogens is 158 g/mol. The minimum absolute atomic E-state index is 0.188. The molecular formula is C8H17NOS. The van der Waals surface area contributed by atoms with E-state index < -0.39 is 0 Å². The van der Waals surface area contributed by atoms with Crippen LogP contribution in [0.4, 0.5) is 0 Å². The van der Waals surface area contributed by atoms with Crippen LogP contribution in [0.3, 0.4) is 0 Å². The Kier molecular flexibility index (Phi) is 7.79. The third kappa shape index (κ3) is 7.72. The summed E-state index contributed by atoms with van der Waals surface area (Å²) in [5, 5.41) is 2.84. The zero-order chi connectivity index (χ0) is 8.53. The van der Waals surface area contributed by atoms with E-state index >= 15 is 0 Å². The van der Waals surface area contributed by atoms with Gasteiger partial charge in [0.15, 0.2) is 0 Å². The van der Waals surface area contributed by atoms with Crippen LogP contribution in [0.5, 0.6) is 0 Å². The fraction of sp³-hybridized carbons (Fsp3) is 0.875. The third-order valence-corrected chi connectivity index (χ3v) is 2.15. The van der Waals surface area contributed by atoms with Crippen molar-refractivity contribution < 1.29 is 4.79 Å². The molecule has 1 amide bonds. The van der Waals surface area contributed by atoms with Crippen molar-refractivity contribution in [3.05, 3.63) is 0 Å². The quantitative estimate of drug-likeness (QED) is 0.622. The molecule has 0 saturated carbocycles. The van der Waals surface area contributed by atoms with Crippen LogP contribution < -0.4 is 5.32 Å². The Morgan fingerprint density at radius 3 is 2.73 bits per heavy atom. The van der Waals surface area contributed by atoms with Crippen LogP contribution in [-0.4, -0.2) is 24.0 Å². The minimum Gasteiger partial charge on any atom is -0.356 e. The Bertz CT molecular complexity index is 106. The lowest BCUT2D eigenvalue weighted by Gasteiger charge is -2.01. The van der Waals surface area contributed by atoms with Crippen LogP contribution in [0.15, 0.2) is 0 Å². The SMILES string of the molecule is CCCNC(=O)CCSCC. The Morgan fingerprint density at radius 1 is 1.45 bits per heavy atom. The van der Waals surface area contributed by atoms with Crippen LogP contribution in [0.1, 0.15) is 26.7 Å². The van der Waals surface area contributed by atoms with Crippen LogP contribution in [0, 0.1) is 0 Å². The van der Waals surface area contributed by atoms with Gasteiger partial charge in [-0.25, -0.2) is 0 Å². The molecule has 3 heteroatoms. The second-order valence-corrected chi connectivity index (χ2v) is 3.69. The molecule has 0 fully saturated rings. The topological polar surface area (TPSA) is 29.1 Å². The normalized spacial score (nSPS) is 9.64. The van der Waals surface area contributed by atoms with E-state index in [1.54, 1.807) is 0 Å². The smallest absolute Gasteiger partial charge is 0.220 e. The highest BCUT2D eigenvalue weighted by Gasteiger charge is 1.97. The fourth-order valence-electron chi connectivity index (χ4n) is 0.662. The van der Waals surface area contributed by atoms with Gasteiger partial charge in [0.05, 0.1) is 0 Å². The van der Waals surface area contributed by atoms with Gasteiger partial charge < -0.3 is 5.32 Å². The van der Waals surface area contributed by atoms with Crippen molar-refractivity contribution in [2.75, 3.05) is 18.1 Å². The molecule has 0 unspecified atom stereocenters. The van der Waals surface area contributed by atoms with Crippen LogP contribution in [0.2, 0.25) is 0 Å². The van der Waals surface area contributed by atoms with Crippen molar-refractivity contribution in [2.45, 2.75) is 26.7 Å². The number of carbonyl (C=O) groups excluding carboxylic acids is 1. The maximum absolute atomic E-state index is 11.0. The average Bonchev–Trinajstić information content (AvgIpc) is 2.01. The highest BCUT2D eigenvalue weighted by Crippen LogP contribution is 1.99. The molecule has 0 rings (SSSR count). The molecule has 1 N–H and O–H groups in total. The van der Waals surface area contributed by atoms with Crippen LogP contribution in [0.25, 0.3) is 0 Å². The van der Waals surface area contributed by atoms with Crippen molar-refractivity contribution in [1.29, 1.82) is 0 Å². The molecule has 0 aliphatic carbocycles. The molecule has 11 heavy (non-hydrogen) atoms. The molecule has 0 aromatic rings. The van der Waals surface area contributed by atoms with E-state index in [2.05, 4.69) is 19.2 Å². The van der Waals surface area contributed by atoms with Crippen molar-refractivity contribution >= 4 is 17.7 Å². The lowest BCUT2D eigenvalue weighted by Crippen LogP contribution is -2.24. The van der Waals surface area contributed by atoms with E-state index in [1.807, 2.05) is 11.8 Å². The molecule has 0 radical (unpaired) electrons. The molecule has 66 valence electrons. The first kappa shape index (κ1) is 10.8. The standard InChI is InChI=1S/C8H17NOS/c1-3-6-9-8(10)5-7-11-4-2/h3-7H2,1-2H3,(H,9,10). The van der Waals surface area contributed by atoms with Gasteiger partial charge in [-0.15, -0.1) is 0 Å². The van der Waals surface area contributed by atoms with E-state index in [9.17, 15) is 4.79 Å². The predicted molar refractivity (Wildman–Crippen MR) is 50.9 cm³/mol. The predicted octanol–water partition coefficient (Wildman–Crippen LogP) is 1.66. The fourth-order valence-corrected chi connectivity index (χ4v) is 1.28. The summed E-state index contributed by atoms with van der Waals surface area (Å²) in [6, 6.07) is 0. The second-order valence-electron chi connectivity index (χ2n) is 2.30. The lowest BCUT2D eigenvalue weighted by molar-refractivity contribution is -0.120. The summed E-state index contributed by atoms with van der Waals surface area (Å²) in [4.78, 5) is 11.0. The average molecular weight is 175 g/mol. The van der Waals surface area contributed by atoms with Gasteiger partial charge in [0.25, 0.3) is 0 Å². The molecule has 0 aliphatic heterocycles. The van der Waals surface area contributed by atoms with E-state index in [0.29, 0.717) is 6.42 Å². The molecule has 0 heterocycles. The Labute approximate surface area is 73.1 Å². The first-order valence-electron chi connectivity index (χ1n) is 4.15. The summed E-state index contributed by atoms with van der Waals surface area (Å²) < 4.78 is 0. The first-order valence-corrected chi connectivity index (χ1v) is 5.31. The zero-order valence-corrected chi connectivity index (χ0v) is 8.17. The molecule has 0 aromatic heterocycles. The van der Waals surface area contributed by atoms with Gasteiger partial charge >= 0.3 is 0 Å². The number of amides is 1. The molecule has 0 bridgehead atoms. The van der Waals surface area contributed by atoms with Gasteiger partial charge in [0, 0.05) is 18.7 Å². The summed E-state index contributed by atoms with van der Waals surface area (Å²) in [7, 11) is 0. The molecule has 0 atom stereocenters. The van der Waals surface area contributed by atoms with Gasteiger partial charge in [0.2, 0.25) is 5.91 Å². The third-order valence-electron chi connectivity index (χ3n) is 1.25. The van der Waals surface area contributed by atoms with Gasteiger partial charge in [-0.05, 0) is 12.2 Å². The number of carbonyl (C=O) groups is 1. The molecule has 0 spiro atoms. The Morgan fingerprint density at radius 2 is 2.18 bits per heavy atom. The van der Waals surface area contributed by atoms with Crippen molar-refractivity contribution in [3.63, 3.8) is 0 Å². The highest BCUT2D eigenvalue weighted by molar-refractivity contribution is 7.99. The highest BCUT2D eigenvalue weighted by atomic mass is 32.2. The monoisotopic (exact) mass is 175 g/mol. The van der Waals surface area contributed by atoms with Gasteiger partial charge in [-0.2, -0.15) is 11.8 Å². The van der Waals surface area contributed by atoms with E-state index in [4.69, 9.17) is 0 Å². The van der Waals surface area contributed by atoms with Gasteiger partial charge in [-0.1, -0.05) is 13.8 Å². The zero-order valence-electron chi connectivity index (χ0n) is 7.35. The molecule has 0 aliphatic rings. The lowest BCUT2D eigenvalue weighted by atomic mass is 10.4. The summed E-state index contributed by atoms with van der Waals surface area (Å²) in [6.07, 6.45) is 1.69. The van der Waals surface area contributed by atoms with Gasteiger partial charge in [-0.3, -0.25) is 4.79 Å². The number of rotatable bonds is 6. The summed E-state index contributed by atoms with van der Waals surface area (Å²) in [6.45, 7) is 4.98. The summed E-state index contributed by atoms with van der Waals surface area (Å²) in [5.41, 5.74) is 0. The Hall–Kier alpha value is -0.180. The second kappa shape index (κ2) is 7.92. The van der Waals surface area contributed by atoms with Crippen molar-refractivity contribution in [3.8, 4) is 0 Å². The Balaban J connectivity index is 3.09. The molecule has 0 saturated heterocycles. The van der Waals surface area contributed by atoms with Gasteiger partial charge in [0.1, 0.15) is 0 Å². The minimum atomic E-state index is 0.188. The van der Waals surface area contributed by atoms with Crippen molar-refractivity contribution in [1.82, 2.24) is 5.32 Å².